The molecule has 1 fully saturated rings. The van der Waals surface area contributed by atoms with E-state index in [0.29, 0.717) is 6.04 Å². The summed E-state index contributed by atoms with van der Waals surface area (Å²) < 4.78 is 0. The highest BCUT2D eigenvalue weighted by Gasteiger charge is 2.17. The highest BCUT2D eigenvalue weighted by molar-refractivity contribution is 9.09. The van der Waals surface area contributed by atoms with Gasteiger partial charge in [0.05, 0.1) is 5.45 Å². The average molecular weight is 221 g/mol. The van der Waals surface area contributed by atoms with Crippen molar-refractivity contribution in [3.05, 3.63) is 0 Å². The molecule has 0 radical (unpaired) electrons. The molecule has 0 spiro atoms. The molecule has 1 aliphatic rings. The van der Waals surface area contributed by atoms with Crippen LogP contribution in [0.5, 0.6) is 0 Å². The van der Waals surface area contributed by atoms with Crippen LogP contribution in [0, 0.1) is 0 Å². The van der Waals surface area contributed by atoms with Crippen molar-refractivity contribution in [2.24, 2.45) is 0 Å². The molecule has 11 heavy (non-hydrogen) atoms. The zero-order valence-electron chi connectivity index (χ0n) is 7.39. The fourth-order valence-corrected chi connectivity index (χ4v) is 1.90. The van der Waals surface area contributed by atoms with Crippen LogP contribution in [0.15, 0.2) is 0 Å². The highest BCUT2D eigenvalue weighted by Crippen LogP contribution is 2.06. The number of alkyl halides is 1. The van der Waals surface area contributed by atoms with Crippen LogP contribution in [0.2, 0.25) is 0 Å². The van der Waals surface area contributed by atoms with Gasteiger partial charge in [-0.05, 0) is 13.8 Å². The minimum atomic E-state index is 0.715. The van der Waals surface area contributed by atoms with Crippen molar-refractivity contribution in [1.82, 2.24) is 9.80 Å². The van der Waals surface area contributed by atoms with Crippen LogP contribution in [0.3, 0.4) is 0 Å². The van der Waals surface area contributed by atoms with Crippen molar-refractivity contribution < 1.29 is 0 Å². The first kappa shape index (κ1) is 9.49. The number of hydrogen-bond acceptors (Lipinski definition) is 2. The summed E-state index contributed by atoms with van der Waals surface area (Å²) in [7, 11) is 0. The van der Waals surface area contributed by atoms with Gasteiger partial charge in [0.2, 0.25) is 0 Å². The van der Waals surface area contributed by atoms with Gasteiger partial charge in [-0.1, -0.05) is 15.9 Å². The zero-order valence-corrected chi connectivity index (χ0v) is 8.97. The normalized spacial score (nSPS) is 22.9. The van der Waals surface area contributed by atoms with Gasteiger partial charge < -0.3 is 0 Å². The second kappa shape index (κ2) is 4.43. The Bertz CT molecular complexity index is 109. The lowest BCUT2D eigenvalue weighted by atomic mass is 10.2. The summed E-state index contributed by atoms with van der Waals surface area (Å²) in [6.45, 7) is 9.41. The predicted molar refractivity (Wildman–Crippen MR) is 52.1 cm³/mol. The molecular weight excluding hydrogens is 204 g/mol. The Morgan fingerprint density at radius 2 is 1.73 bits per heavy atom. The molecule has 0 aromatic heterocycles. The van der Waals surface area contributed by atoms with Gasteiger partial charge in [0.1, 0.15) is 0 Å². The monoisotopic (exact) mass is 220 g/mol. The second-order valence-electron chi connectivity index (χ2n) is 3.37. The molecule has 66 valence electrons. The van der Waals surface area contributed by atoms with Crippen molar-refractivity contribution >= 4 is 15.9 Å². The van der Waals surface area contributed by atoms with Crippen molar-refractivity contribution in [1.29, 1.82) is 0 Å². The molecule has 0 aromatic rings. The first-order valence-corrected chi connectivity index (χ1v) is 5.38. The summed E-state index contributed by atoms with van der Waals surface area (Å²) in [6, 6.07) is 0.715. The number of rotatable bonds is 2. The Morgan fingerprint density at radius 3 is 2.09 bits per heavy atom. The van der Waals surface area contributed by atoms with E-state index >= 15 is 0 Å². The molecule has 0 N–H and O–H groups in total. The Kier molecular flexibility index (Phi) is 3.82. The summed E-state index contributed by atoms with van der Waals surface area (Å²) in [5.41, 5.74) is 1.03. The fourth-order valence-electron chi connectivity index (χ4n) is 1.40. The van der Waals surface area contributed by atoms with E-state index in [1.807, 2.05) is 0 Å². The van der Waals surface area contributed by atoms with E-state index in [9.17, 15) is 0 Å². The van der Waals surface area contributed by atoms with Gasteiger partial charge in [-0.25, -0.2) is 0 Å². The summed E-state index contributed by atoms with van der Waals surface area (Å²) in [6.07, 6.45) is 0. The molecule has 0 aliphatic carbocycles. The number of hydrogen-bond donors (Lipinski definition) is 0. The lowest BCUT2D eigenvalue weighted by Crippen LogP contribution is -2.48. The van der Waals surface area contributed by atoms with Crippen LogP contribution in [0.4, 0.5) is 0 Å². The van der Waals surface area contributed by atoms with Crippen molar-refractivity contribution in [3.63, 3.8) is 0 Å². The minimum absolute atomic E-state index is 0.715. The van der Waals surface area contributed by atoms with Crippen molar-refractivity contribution in [3.8, 4) is 0 Å². The Balaban J connectivity index is 2.24. The number of piperazine rings is 1. The molecule has 0 atom stereocenters. The Hall–Kier alpha value is 0.400. The van der Waals surface area contributed by atoms with Crippen LogP contribution in [-0.4, -0.2) is 47.5 Å². The SMILES string of the molecule is CC(C)N1CCN(CBr)CC1. The quantitative estimate of drug-likeness (QED) is 0.513. The maximum atomic E-state index is 3.48. The molecule has 1 heterocycles. The van der Waals surface area contributed by atoms with E-state index in [1.54, 1.807) is 0 Å². The van der Waals surface area contributed by atoms with E-state index in [2.05, 4.69) is 39.6 Å². The average Bonchev–Trinajstić information content (AvgIpc) is 2.05. The van der Waals surface area contributed by atoms with E-state index < -0.39 is 0 Å². The molecule has 1 rings (SSSR count). The smallest absolute Gasteiger partial charge is 0.0543 e. The molecule has 0 saturated carbocycles. The Labute approximate surface area is 77.7 Å². The van der Waals surface area contributed by atoms with E-state index in [4.69, 9.17) is 0 Å². The topological polar surface area (TPSA) is 6.48 Å². The van der Waals surface area contributed by atoms with Gasteiger partial charge in [0, 0.05) is 32.2 Å². The van der Waals surface area contributed by atoms with E-state index in [-0.39, 0.29) is 0 Å². The third-order valence-electron chi connectivity index (χ3n) is 2.31. The highest BCUT2D eigenvalue weighted by atomic mass is 79.9. The van der Waals surface area contributed by atoms with Gasteiger partial charge >= 0.3 is 0 Å². The van der Waals surface area contributed by atoms with Crippen molar-refractivity contribution in [2.75, 3.05) is 31.6 Å². The maximum Gasteiger partial charge on any atom is 0.0543 e. The number of halogens is 1. The predicted octanol–water partition coefficient (Wildman–Crippen LogP) is 1.36. The molecule has 3 heteroatoms. The molecule has 0 unspecified atom stereocenters. The zero-order chi connectivity index (χ0) is 8.27. The summed E-state index contributed by atoms with van der Waals surface area (Å²) >= 11 is 3.48. The third-order valence-corrected chi connectivity index (χ3v) is 3.02. The van der Waals surface area contributed by atoms with E-state index in [0.717, 1.165) is 5.45 Å². The minimum Gasteiger partial charge on any atom is -0.298 e. The van der Waals surface area contributed by atoms with Crippen LogP contribution in [0.25, 0.3) is 0 Å². The first-order valence-electron chi connectivity index (χ1n) is 4.26. The lowest BCUT2D eigenvalue weighted by molar-refractivity contribution is 0.123. The molecular formula is C8H17BrN2. The van der Waals surface area contributed by atoms with Gasteiger partial charge in [0.25, 0.3) is 0 Å². The second-order valence-corrected chi connectivity index (χ2v) is 3.87. The summed E-state index contributed by atoms with van der Waals surface area (Å²) in [5, 5.41) is 0. The van der Waals surface area contributed by atoms with Gasteiger partial charge in [0.15, 0.2) is 0 Å². The first-order chi connectivity index (χ1) is 5.24. The van der Waals surface area contributed by atoms with E-state index in [1.165, 1.54) is 26.2 Å². The van der Waals surface area contributed by atoms with Crippen LogP contribution < -0.4 is 0 Å². The molecule has 1 aliphatic heterocycles. The lowest BCUT2D eigenvalue weighted by Gasteiger charge is -2.35. The van der Waals surface area contributed by atoms with Crippen LogP contribution in [0.1, 0.15) is 13.8 Å². The number of nitrogens with zero attached hydrogens (tertiary/aromatic N) is 2. The van der Waals surface area contributed by atoms with Gasteiger partial charge in [-0.2, -0.15) is 0 Å². The molecule has 1 saturated heterocycles. The summed E-state index contributed by atoms with van der Waals surface area (Å²) in [4.78, 5) is 4.96. The summed E-state index contributed by atoms with van der Waals surface area (Å²) in [5.74, 6) is 0. The fraction of sp³-hybridized carbons (Fsp3) is 1.00. The third kappa shape index (κ3) is 2.73. The Morgan fingerprint density at radius 1 is 1.18 bits per heavy atom. The van der Waals surface area contributed by atoms with Crippen LogP contribution in [-0.2, 0) is 0 Å². The molecule has 0 amide bonds. The molecule has 0 aromatic carbocycles. The largest absolute Gasteiger partial charge is 0.298 e. The standard InChI is InChI=1S/C8H17BrN2/c1-8(2)11-5-3-10(7-9)4-6-11/h8H,3-7H2,1-2H3. The van der Waals surface area contributed by atoms with Gasteiger partial charge in [-0.15, -0.1) is 0 Å². The molecule has 2 nitrogen and oxygen atoms in total. The van der Waals surface area contributed by atoms with Gasteiger partial charge in [-0.3, -0.25) is 9.80 Å². The maximum absolute atomic E-state index is 3.48. The van der Waals surface area contributed by atoms with Crippen LogP contribution >= 0.6 is 15.9 Å². The molecule has 0 bridgehead atoms. The van der Waals surface area contributed by atoms with Crippen molar-refractivity contribution in [2.45, 2.75) is 19.9 Å².